The number of nitrogens with one attached hydrogen (secondary N) is 1. The number of sulfonamides is 1. The highest BCUT2D eigenvalue weighted by atomic mass is 32.2. The van der Waals surface area contributed by atoms with Gasteiger partial charge in [0.1, 0.15) is 0 Å². The standard InChI is InChI=1S/C21H26N2O3S/c1-17-10-12-20(13-11-17)27(25,26)23-14-6-5-9-19(23)15-21(24)22-16-18-7-3-2-4-8-18/h2-4,7-8,10-13,19H,5-6,9,14-16H2,1H3,(H,22,24)/t19-/m1/s1. The maximum Gasteiger partial charge on any atom is 0.243 e. The molecule has 1 aliphatic heterocycles. The van der Waals surface area contributed by atoms with Crippen LogP contribution < -0.4 is 5.32 Å². The van der Waals surface area contributed by atoms with E-state index in [2.05, 4.69) is 5.32 Å². The minimum atomic E-state index is -3.59. The summed E-state index contributed by atoms with van der Waals surface area (Å²) in [5.41, 5.74) is 2.04. The SMILES string of the molecule is Cc1ccc(S(=O)(=O)N2CCCC[C@@H]2CC(=O)NCc2ccccc2)cc1. The fraction of sp³-hybridized carbons (Fsp3) is 0.381. The first-order chi connectivity index (χ1) is 13.0. The molecule has 5 nitrogen and oxygen atoms in total. The zero-order valence-corrected chi connectivity index (χ0v) is 16.4. The van der Waals surface area contributed by atoms with Crippen LogP contribution in [0.5, 0.6) is 0 Å². The van der Waals surface area contributed by atoms with Gasteiger partial charge in [0.25, 0.3) is 0 Å². The normalized spacial score (nSPS) is 18.2. The van der Waals surface area contributed by atoms with Gasteiger partial charge in [-0.3, -0.25) is 4.79 Å². The van der Waals surface area contributed by atoms with E-state index < -0.39 is 10.0 Å². The summed E-state index contributed by atoms with van der Waals surface area (Å²) >= 11 is 0. The molecule has 0 saturated carbocycles. The molecule has 0 bridgehead atoms. The molecule has 0 spiro atoms. The maximum absolute atomic E-state index is 13.1. The molecule has 2 aromatic rings. The molecular formula is C21H26N2O3S. The predicted octanol–water partition coefficient (Wildman–Crippen LogP) is 3.24. The van der Waals surface area contributed by atoms with Gasteiger partial charge in [-0.25, -0.2) is 8.42 Å². The maximum atomic E-state index is 13.1. The van der Waals surface area contributed by atoms with Gasteiger partial charge >= 0.3 is 0 Å². The van der Waals surface area contributed by atoms with Gasteiger partial charge < -0.3 is 5.32 Å². The molecule has 3 rings (SSSR count). The van der Waals surface area contributed by atoms with Crippen molar-refractivity contribution in [2.45, 2.75) is 50.1 Å². The number of amides is 1. The first-order valence-corrected chi connectivity index (χ1v) is 10.8. The molecule has 2 aromatic carbocycles. The van der Waals surface area contributed by atoms with E-state index >= 15 is 0 Å². The molecule has 144 valence electrons. The van der Waals surface area contributed by atoms with Crippen LogP contribution in [0.25, 0.3) is 0 Å². The van der Waals surface area contributed by atoms with E-state index in [1.165, 1.54) is 4.31 Å². The Balaban J connectivity index is 1.67. The Morgan fingerprint density at radius 3 is 2.48 bits per heavy atom. The quantitative estimate of drug-likeness (QED) is 0.829. The lowest BCUT2D eigenvalue weighted by atomic mass is 10.0. The lowest BCUT2D eigenvalue weighted by Gasteiger charge is -2.34. The summed E-state index contributed by atoms with van der Waals surface area (Å²) in [5.74, 6) is -0.116. The summed E-state index contributed by atoms with van der Waals surface area (Å²) < 4.78 is 27.6. The summed E-state index contributed by atoms with van der Waals surface area (Å²) in [4.78, 5) is 12.7. The Hall–Kier alpha value is -2.18. The van der Waals surface area contributed by atoms with E-state index in [1.54, 1.807) is 24.3 Å². The van der Waals surface area contributed by atoms with Crippen LogP contribution in [0.15, 0.2) is 59.5 Å². The summed E-state index contributed by atoms with van der Waals surface area (Å²) in [6.07, 6.45) is 2.67. The minimum absolute atomic E-state index is 0.116. The van der Waals surface area contributed by atoms with Gasteiger partial charge in [0.05, 0.1) is 4.90 Å². The molecule has 1 saturated heterocycles. The number of nitrogens with zero attached hydrogens (tertiary/aromatic N) is 1. The van der Waals surface area contributed by atoms with Gasteiger partial charge in [0.2, 0.25) is 15.9 Å². The van der Waals surface area contributed by atoms with Gasteiger partial charge in [-0.1, -0.05) is 54.4 Å². The zero-order valence-electron chi connectivity index (χ0n) is 15.6. The highest BCUT2D eigenvalue weighted by molar-refractivity contribution is 7.89. The van der Waals surface area contributed by atoms with Crippen molar-refractivity contribution in [2.24, 2.45) is 0 Å². The average Bonchev–Trinajstić information content (AvgIpc) is 2.68. The highest BCUT2D eigenvalue weighted by Gasteiger charge is 2.34. The predicted molar refractivity (Wildman–Crippen MR) is 106 cm³/mol. The second kappa shape index (κ2) is 8.67. The van der Waals surface area contributed by atoms with Crippen molar-refractivity contribution in [3.63, 3.8) is 0 Å². The van der Waals surface area contributed by atoms with Crippen molar-refractivity contribution in [1.29, 1.82) is 0 Å². The van der Waals surface area contributed by atoms with Gasteiger partial charge in [-0.2, -0.15) is 4.31 Å². The first-order valence-electron chi connectivity index (χ1n) is 9.36. The van der Waals surface area contributed by atoms with Crippen LogP contribution in [-0.2, 0) is 21.4 Å². The molecule has 6 heteroatoms. The Morgan fingerprint density at radius 1 is 1.07 bits per heavy atom. The summed E-state index contributed by atoms with van der Waals surface area (Å²) in [6.45, 7) is 2.85. The van der Waals surface area contributed by atoms with E-state index in [1.807, 2.05) is 37.3 Å². The number of piperidine rings is 1. The second-order valence-electron chi connectivity index (χ2n) is 7.04. The van der Waals surface area contributed by atoms with Crippen molar-refractivity contribution in [1.82, 2.24) is 9.62 Å². The number of carbonyl (C=O) groups is 1. The number of rotatable bonds is 6. The van der Waals surface area contributed by atoms with Crippen LogP contribution in [0.3, 0.4) is 0 Å². The van der Waals surface area contributed by atoms with E-state index in [-0.39, 0.29) is 18.4 Å². The van der Waals surface area contributed by atoms with Crippen molar-refractivity contribution < 1.29 is 13.2 Å². The van der Waals surface area contributed by atoms with Crippen LogP contribution in [-0.4, -0.2) is 31.2 Å². The monoisotopic (exact) mass is 386 g/mol. The molecular weight excluding hydrogens is 360 g/mol. The highest BCUT2D eigenvalue weighted by Crippen LogP contribution is 2.27. The number of benzene rings is 2. The van der Waals surface area contributed by atoms with Gasteiger partial charge in [-0.15, -0.1) is 0 Å². The van der Waals surface area contributed by atoms with Gasteiger partial charge in [0.15, 0.2) is 0 Å². The minimum Gasteiger partial charge on any atom is -0.352 e. The molecule has 1 N–H and O–H groups in total. The summed E-state index contributed by atoms with van der Waals surface area (Å²) in [7, 11) is -3.59. The Kier molecular flexibility index (Phi) is 6.29. The summed E-state index contributed by atoms with van der Waals surface area (Å²) in [5, 5.41) is 2.91. The molecule has 1 atom stereocenters. The van der Waals surface area contributed by atoms with E-state index in [9.17, 15) is 13.2 Å². The number of aryl methyl sites for hydroxylation is 1. The van der Waals surface area contributed by atoms with E-state index in [0.717, 1.165) is 24.0 Å². The fourth-order valence-corrected chi connectivity index (χ4v) is 5.12. The molecule has 0 aliphatic carbocycles. The average molecular weight is 387 g/mol. The third-order valence-corrected chi connectivity index (χ3v) is 6.92. The third-order valence-electron chi connectivity index (χ3n) is 4.95. The lowest BCUT2D eigenvalue weighted by Crippen LogP contribution is -2.45. The Morgan fingerprint density at radius 2 is 1.78 bits per heavy atom. The van der Waals surface area contributed by atoms with Crippen molar-refractivity contribution >= 4 is 15.9 Å². The van der Waals surface area contributed by atoms with Crippen LogP contribution >= 0.6 is 0 Å². The molecule has 1 heterocycles. The van der Waals surface area contributed by atoms with Crippen molar-refractivity contribution in [3.8, 4) is 0 Å². The molecule has 0 unspecified atom stereocenters. The number of carbonyl (C=O) groups excluding carboxylic acids is 1. The fourth-order valence-electron chi connectivity index (χ4n) is 3.42. The number of hydrogen-bond acceptors (Lipinski definition) is 3. The smallest absolute Gasteiger partial charge is 0.243 e. The molecule has 0 radical (unpaired) electrons. The van der Waals surface area contributed by atoms with E-state index in [0.29, 0.717) is 24.4 Å². The second-order valence-corrected chi connectivity index (χ2v) is 8.94. The summed E-state index contributed by atoms with van der Waals surface area (Å²) in [6, 6.07) is 16.3. The molecule has 1 aliphatic rings. The zero-order chi connectivity index (χ0) is 19.3. The topological polar surface area (TPSA) is 66.5 Å². The first kappa shape index (κ1) is 19.6. The van der Waals surface area contributed by atoms with Crippen molar-refractivity contribution in [2.75, 3.05) is 6.54 Å². The van der Waals surface area contributed by atoms with Crippen LogP contribution in [0.4, 0.5) is 0 Å². The Bertz CT molecular complexity index is 864. The third kappa shape index (κ3) is 4.96. The van der Waals surface area contributed by atoms with Gasteiger partial charge in [-0.05, 0) is 37.5 Å². The number of hydrogen-bond donors (Lipinski definition) is 1. The lowest BCUT2D eigenvalue weighted by molar-refractivity contribution is -0.122. The van der Waals surface area contributed by atoms with Gasteiger partial charge in [0, 0.05) is 25.6 Å². The molecule has 0 aromatic heterocycles. The van der Waals surface area contributed by atoms with Crippen LogP contribution in [0, 0.1) is 6.92 Å². The van der Waals surface area contributed by atoms with Crippen LogP contribution in [0.2, 0.25) is 0 Å². The Labute approximate surface area is 161 Å². The van der Waals surface area contributed by atoms with E-state index in [4.69, 9.17) is 0 Å². The largest absolute Gasteiger partial charge is 0.352 e. The molecule has 1 amide bonds. The molecule has 1 fully saturated rings. The van der Waals surface area contributed by atoms with Crippen molar-refractivity contribution in [3.05, 3.63) is 65.7 Å². The van der Waals surface area contributed by atoms with Crippen LogP contribution in [0.1, 0.15) is 36.8 Å². The molecule has 27 heavy (non-hydrogen) atoms.